The third kappa shape index (κ3) is 7.90. The average Bonchev–Trinajstić information content (AvgIpc) is 3.27. The number of carbonyl (C=O) groups excluding carboxylic acids is 1. The van der Waals surface area contributed by atoms with Gasteiger partial charge in [0.25, 0.3) is 0 Å². The molecule has 12 heteroatoms. The molecule has 232 valence electrons. The van der Waals surface area contributed by atoms with E-state index in [0.717, 1.165) is 5.56 Å². The summed E-state index contributed by atoms with van der Waals surface area (Å²) in [6.45, 7) is 4.02. The summed E-state index contributed by atoms with van der Waals surface area (Å²) >= 11 is 0. The van der Waals surface area contributed by atoms with Crippen LogP contribution in [0, 0.1) is 17.8 Å². The third-order valence-electron chi connectivity index (χ3n) is 7.89. The Labute approximate surface area is 248 Å². The minimum Gasteiger partial charge on any atom is -0.497 e. The molecule has 42 heavy (non-hydrogen) atoms. The number of hydrogen-bond donors (Lipinski definition) is 1. The van der Waals surface area contributed by atoms with Crippen LogP contribution in [0.3, 0.4) is 0 Å². The van der Waals surface area contributed by atoms with Crippen LogP contribution < -0.4 is 4.74 Å². The summed E-state index contributed by atoms with van der Waals surface area (Å²) in [5.41, 5.74) is 0.863. The Morgan fingerprint density at radius 2 is 1.76 bits per heavy atom. The molecule has 0 spiro atoms. The van der Waals surface area contributed by atoms with Gasteiger partial charge in [-0.1, -0.05) is 44.2 Å². The third-order valence-corrected chi connectivity index (χ3v) is 12.1. The molecule has 2 aromatic carbocycles. The molecular formula is C30H41NO9S2. The van der Waals surface area contributed by atoms with Crippen LogP contribution in [0.1, 0.15) is 32.3 Å². The second-order valence-corrected chi connectivity index (χ2v) is 15.8. The highest BCUT2D eigenvalue weighted by Gasteiger charge is 2.49. The molecule has 0 saturated carbocycles. The molecule has 0 radical (unpaired) electrons. The van der Waals surface area contributed by atoms with E-state index in [1.807, 2.05) is 44.2 Å². The lowest BCUT2D eigenvalue weighted by Crippen LogP contribution is -2.47. The number of sulfonamides is 1. The first-order valence-corrected chi connectivity index (χ1v) is 17.4. The van der Waals surface area contributed by atoms with Crippen LogP contribution in [0.15, 0.2) is 59.5 Å². The molecule has 2 heterocycles. The summed E-state index contributed by atoms with van der Waals surface area (Å²) in [6.07, 6.45) is -1.57. The first kappa shape index (κ1) is 32.4. The van der Waals surface area contributed by atoms with Crippen molar-refractivity contribution in [1.82, 2.24) is 4.31 Å². The Hall–Kier alpha value is -2.51. The monoisotopic (exact) mass is 623 g/mol. The van der Waals surface area contributed by atoms with E-state index in [0.29, 0.717) is 25.2 Å². The topological polar surface area (TPSA) is 137 Å². The molecular weight excluding hydrogens is 582 g/mol. The highest BCUT2D eigenvalue weighted by molar-refractivity contribution is 7.92. The number of sulfone groups is 1. The normalized spacial score (nSPS) is 23.3. The second kappa shape index (κ2) is 13.9. The van der Waals surface area contributed by atoms with Gasteiger partial charge in [0.2, 0.25) is 10.0 Å². The highest BCUT2D eigenvalue weighted by Crippen LogP contribution is 2.34. The van der Waals surface area contributed by atoms with Gasteiger partial charge in [-0.15, -0.1) is 0 Å². The van der Waals surface area contributed by atoms with E-state index in [9.17, 15) is 26.7 Å². The molecule has 0 amide bonds. The molecule has 0 bridgehead atoms. The number of benzene rings is 2. The zero-order chi connectivity index (χ0) is 30.5. The maximum absolute atomic E-state index is 13.6. The lowest BCUT2D eigenvalue weighted by molar-refractivity contribution is -0.158. The Bertz CT molecular complexity index is 1400. The number of methoxy groups -OCH3 is 1. The number of rotatable bonds is 13. The number of hydrogen-bond acceptors (Lipinski definition) is 9. The summed E-state index contributed by atoms with van der Waals surface area (Å²) in [5.74, 6) is -1.02. The SMILES string of the molecule is COc1ccc(S(=O)(=O)N(CC(C)C)C[C@@H](O)[C@@H](CC(=O)OC2COCC3CCS(=O)(=O)C32)Cc2ccccc2)cc1. The quantitative estimate of drug-likeness (QED) is 0.334. The highest BCUT2D eigenvalue weighted by atomic mass is 32.2. The molecule has 2 aliphatic heterocycles. The Kier molecular flexibility index (Phi) is 10.7. The van der Waals surface area contributed by atoms with Crippen molar-refractivity contribution in [1.29, 1.82) is 0 Å². The van der Waals surface area contributed by atoms with E-state index in [1.54, 1.807) is 12.1 Å². The molecule has 10 nitrogen and oxygen atoms in total. The molecule has 1 N–H and O–H groups in total. The summed E-state index contributed by atoms with van der Waals surface area (Å²) < 4.78 is 70.3. The van der Waals surface area contributed by atoms with E-state index in [2.05, 4.69) is 0 Å². The lowest BCUT2D eigenvalue weighted by Gasteiger charge is -2.33. The van der Waals surface area contributed by atoms with Gasteiger partial charge in [-0.05, 0) is 48.6 Å². The van der Waals surface area contributed by atoms with Crippen LogP contribution in [0.4, 0.5) is 0 Å². The fourth-order valence-electron chi connectivity index (χ4n) is 5.78. The Balaban J connectivity index is 1.54. The van der Waals surface area contributed by atoms with Gasteiger partial charge in [0.05, 0.1) is 43.5 Å². The number of fused-ring (bicyclic) bond motifs is 1. The minimum atomic E-state index is -3.98. The van der Waals surface area contributed by atoms with E-state index in [-0.39, 0.29) is 48.6 Å². The van der Waals surface area contributed by atoms with Gasteiger partial charge in [-0.2, -0.15) is 4.31 Å². The van der Waals surface area contributed by atoms with Gasteiger partial charge in [0.1, 0.15) is 17.1 Å². The van der Waals surface area contributed by atoms with Gasteiger partial charge in [-0.25, -0.2) is 16.8 Å². The van der Waals surface area contributed by atoms with Crippen LogP contribution >= 0.6 is 0 Å². The predicted octanol–water partition coefficient (Wildman–Crippen LogP) is 2.70. The number of nitrogens with zero attached hydrogens (tertiary/aromatic N) is 1. The van der Waals surface area contributed by atoms with E-state index in [1.165, 1.54) is 23.5 Å². The summed E-state index contributed by atoms with van der Waals surface area (Å²) in [7, 11) is -5.88. The van der Waals surface area contributed by atoms with Crippen molar-refractivity contribution in [3.05, 3.63) is 60.2 Å². The molecule has 5 atom stereocenters. The van der Waals surface area contributed by atoms with Gasteiger partial charge < -0.3 is 19.3 Å². The van der Waals surface area contributed by atoms with Crippen molar-refractivity contribution in [2.45, 2.75) is 55.5 Å². The van der Waals surface area contributed by atoms with Crippen LogP contribution in [0.2, 0.25) is 0 Å². The largest absolute Gasteiger partial charge is 0.497 e. The van der Waals surface area contributed by atoms with Gasteiger partial charge in [0, 0.05) is 24.9 Å². The van der Waals surface area contributed by atoms with Crippen LogP contribution in [-0.4, -0.2) is 88.8 Å². The summed E-state index contributed by atoms with van der Waals surface area (Å²) in [6, 6.07) is 15.3. The van der Waals surface area contributed by atoms with Crippen molar-refractivity contribution in [3.8, 4) is 5.75 Å². The van der Waals surface area contributed by atoms with E-state index >= 15 is 0 Å². The van der Waals surface area contributed by atoms with E-state index < -0.39 is 49.2 Å². The molecule has 3 unspecified atom stereocenters. The van der Waals surface area contributed by atoms with Crippen molar-refractivity contribution in [2.24, 2.45) is 17.8 Å². The standard InChI is InChI=1S/C30H41NO9S2/c1-21(2)17-31(42(36,37)26-11-9-25(38-3)10-12-26)18-27(32)24(15-22-7-5-4-6-8-22)16-29(33)40-28-20-39-19-23-13-14-41(34,35)30(23)28/h4-12,21,23-24,27-28,30,32H,13-20H2,1-3H3/t23?,24-,27-,28?,30?/m1/s1. The van der Waals surface area contributed by atoms with Crippen LogP contribution in [0.25, 0.3) is 0 Å². The Morgan fingerprint density at radius 3 is 2.40 bits per heavy atom. The summed E-state index contributed by atoms with van der Waals surface area (Å²) in [4.78, 5) is 13.3. The Morgan fingerprint density at radius 1 is 1.07 bits per heavy atom. The van der Waals surface area contributed by atoms with Crippen molar-refractivity contribution in [2.75, 3.05) is 39.2 Å². The first-order chi connectivity index (χ1) is 19.9. The van der Waals surface area contributed by atoms with E-state index in [4.69, 9.17) is 14.2 Å². The van der Waals surface area contributed by atoms with Crippen molar-refractivity contribution >= 4 is 25.8 Å². The van der Waals surface area contributed by atoms with Crippen molar-refractivity contribution < 1.29 is 40.9 Å². The summed E-state index contributed by atoms with van der Waals surface area (Å²) in [5, 5.41) is 10.7. The number of esters is 1. The fraction of sp³-hybridized carbons (Fsp3) is 0.567. The molecule has 2 aromatic rings. The minimum absolute atomic E-state index is 0.000311. The number of carbonyl (C=O) groups is 1. The first-order valence-electron chi connectivity index (χ1n) is 14.3. The molecule has 2 aliphatic rings. The molecule has 4 rings (SSSR count). The predicted molar refractivity (Wildman–Crippen MR) is 157 cm³/mol. The molecule has 2 saturated heterocycles. The number of aliphatic hydroxyl groups excluding tert-OH is 1. The number of aliphatic hydroxyl groups is 1. The maximum atomic E-state index is 13.6. The second-order valence-electron chi connectivity index (χ2n) is 11.6. The van der Waals surface area contributed by atoms with Gasteiger partial charge >= 0.3 is 5.97 Å². The molecule has 0 aromatic heterocycles. The van der Waals surface area contributed by atoms with Crippen LogP contribution in [-0.2, 0) is 40.5 Å². The van der Waals surface area contributed by atoms with Crippen LogP contribution in [0.5, 0.6) is 5.75 Å². The molecule has 0 aliphatic carbocycles. The average molecular weight is 624 g/mol. The number of ether oxygens (including phenoxy) is 3. The fourth-order valence-corrected chi connectivity index (χ4v) is 9.70. The maximum Gasteiger partial charge on any atom is 0.306 e. The smallest absolute Gasteiger partial charge is 0.306 e. The zero-order valence-electron chi connectivity index (χ0n) is 24.3. The molecule has 2 fully saturated rings. The van der Waals surface area contributed by atoms with Gasteiger partial charge in [0.15, 0.2) is 9.84 Å². The lowest BCUT2D eigenvalue weighted by atomic mass is 9.90. The van der Waals surface area contributed by atoms with Crippen molar-refractivity contribution in [3.63, 3.8) is 0 Å². The zero-order valence-corrected chi connectivity index (χ0v) is 25.9. The van der Waals surface area contributed by atoms with Gasteiger partial charge in [-0.3, -0.25) is 4.79 Å².